The zero-order valence-electron chi connectivity index (χ0n) is 13.2. The van der Waals surface area contributed by atoms with E-state index in [1.807, 2.05) is 0 Å². The van der Waals surface area contributed by atoms with Crippen LogP contribution in [0.1, 0.15) is 11.1 Å². The summed E-state index contributed by atoms with van der Waals surface area (Å²) in [5.41, 5.74) is 1.20. The molecule has 1 aliphatic rings. The van der Waals surface area contributed by atoms with Gasteiger partial charge in [0.05, 0.1) is 10.0 Å². The average molecular weight is 392 g/mol. The van der Waals surface area contributed by atoms with E-state index in [9.17, 15) is 18.0 Å². The fourth-order valence-electron chi connectivity index (χ4n) is 3.19. The van der Waals surface area contributed by atoms with Gasteiger partial charge in [-0.25, -0.2) is 0 Å². The number of hydrogen-bond acceptors (Lipinski definition) is 2. The minimum Gasteiger partial charge on any atom is -0.375 e. The lowest BCUT2D eigenvalue weighted by Crippen LogP contribution is -2.53. The second-order valence-corrected chi connectivity index (χ2v) is 6.66. The van der Waals surface area contributed by atoms with E-state index in [4.69, 9.17) is 27.9 Å². The number of methoxy groups -OCH3 is 1. The summed E-state index contributed by atoms with van der Waals surface area (Å²) in [6.45, 7) is -0.559. The standard InChI is InChI=1S/C17H14Cl2F3NO2/c1-25-8-15(24)23-7-12-9(6-14(23)17(20,21)22)2-3-11-10(12)4-5-13(18)16(11)19/h2-5,14H,6-8H2,1H3. The van der Waals surface area contributed by atoms with Gasteiger partial charge in [0.1, 0.15) is 12.6 Å². The molecule has 1 aliphatic heterocycles. The summed E-state index contributed by atoms with van der Waals surface area (Å²) in [5.74, 6) is -0.701. The van der Waals surface area contributed by atoms with Crippen LogP contribution >= 0.6 is 23.2 Å². The van der Waals surface area contributed by atoms with E-state index in [0.717, 1.165) is 4.90 Å². The van der Waals surface area contributed by atoms with Crippen molar-refractivity contribution in [1.82, 2.24) is 4.90 Å². The number of ether oxygens (including phenoxy) is 1. The number of benzene rings is 2. The number of rotatable bonds is 2. The molecule has 1 atom stereocenters. The summed E-state index contributed by atoms with van der Waals surface area (Å²) >= 11 is 12.2. The van der Waals surface area contributed by atoms with Crippen molar-refractivity contribution in [1.29, 1.82) is 0 Å². The molecule has 2 aromatic carbocycles. The maximum Gasteiger partial charge on any atom is 0.409 e. The molecule has 0 fully saturated rings. The molecule has 2 aromatic rings. The Morgan fingerprint density at radius 1 is 1.24 bits per heavy atom. The Bertz CT molecular complexity index is 839. The minimum absolute atomic E-state index is 0.156. The predicted octanol–water partition coefficient (Wildman–Crippen LogP) is 4.61. The molecule has 25 heavy (non-hydrogen) atoms. The van der Waals surface area contributed by atoms with Gasteiger partial charge in [0.25, 0.3) is 0 Å². The zero-order valence-corrected chi connectivity index (χ0v) is 14.7. The van der Waals surface area contributed by atoms with Gasteiger partial charge in [-0.1, -0.05) is 41.4 Å². The number of hydrogen-bond donors (Lipinski definition) is 0. The van der Waals surface area contributed by atoms with E-state index in [1.54, 1.807) is 24.3 Å². The molecule has 0 N–H and O–H groups in total. The van der Waals surface area contributed by atoms with Crippen LogP contribution in [0.3, 0.4) is 0 Å². The topological polar surface area (TPSA) is 29.5 Å². The number of carbonyl (C=O) groups excluding carboxylic acids is 1. The first kappa shape index (κ1) is 18.3. The summed E-state index contributed by atoms with van der Waals surface area (Å²) in [5, 5.41) is 2.06. The van der Waals surface area contributed by atoms with Crippen LogP contribution in [0.2, 0.25) is 10.0 Å². The Balaban J connectivity index is 2.13. The van der Waals surface area contributed by atoms with Gasteiger partial charge in [-0.15, -0.1) is 0 Å². The molecule has 0 bridgehead atoms. The minimum atomic E-state index is -4.52. The number of amides is 1. The Morgan fingerprint density at radius 2 is 1.92 bits per heavy atom. The molecule has 0 spiro atoms. The van der Waals surface area contributed by atoms with Gasteiger partial charge >= 0.3 is 6.18 Å². The van der Waals surface area contributed by atoms with E-state index >= 15 is 0 Å². The van der Waals surface area contributed by atoms with Crippen LogP contribution in [-0.2, 0) is 22.5 Å². The lowest BCUT2D eigenvalue weighted by atomic mass is 9.89. The van der Waals surface area contributed by atoms with Crippen LogP contribution in [0.4, 0.5) is 13.2 Å². The first-order chi connectivity index (χ1) is 11.7. The second kappa shape index (κ2) is 6.67. The fourth-order valence-corrected chi connectivity index (χ4v) is 3.58. The molecule has 1 unspecified atom stereocenters. The van der Waals surface area contributed by atoms with Crippen molar-refractivity contribution in [3.05, 3.63) is 45.4 Å². The third-order valence-electron chi connectivity index (χ3n) is 4.38. The highest BCUT2D eigenvalue weighted by molar-refractivity contribution is 6.45. The van der Waals surface area contributed by atoms with Crippen LogP contribution in [-0.4, -0.2) is 36.7 Å². The fraction of sp³-hybridized carbons (Fsp3) is 0.353. The van der Waals surface area contributed by atoms with Gasteiger partial charge in [0.15, 0.2) is 0 Å². The predicted molar refractivity (Wildman–Crippen MR) is 89.9 cm³/mol. The van der Waals surface area contributed by atoms with Gasteiger partial charge < -0.3 is 9.64 Å². The highest BCUT2D eigenvalue weighted by atomic mass is 35.5. The van der Waals surface area contributed by atoms with Gasteiger partial charge in [-0.2, -0.15) is 13.2 Å². The summed E-state index contributed by atoms with van der Waals surface area (Å²) < 4.78 is 45.1. The number of nitrogens with zero attached hydrogens (tertiary/aromatic N) is 1. The molecule has 8 heteroatoms. The molecule has 0 saturated heterocycles. The molecule has 134 valence electrons. The van der Waals surface area contributed by atoms with Gasteiger partial charge in [-0.3, -0.25) is 4.79 Å². The highest BCUT2D eigenvalue weighted by Gasteiger charge is 2.47. The highest BCUT2D eigenvalue weighted by Crippen LogP contribution is 2.39. The van der Waals surface area contributed by atoms with Crippen LogP contribution < -0.4 is 0 Å². The largest absolute Gasteiger partial charge is 0.409 e. The van der Waals surface area contributed by atoms with Crippen molar-refractivity contribution >= 4 is 39.9 Å². The first-order valence-corrected chi connectivity index (χ1v) is 8.23. The molecule has 3 rings (SSSR count). The third-order valence-corrected chi connectivity index (χ3v) is 5.20. The van der Waals surface area contributed by atoms with Crippen molar-refractivity contribution in [2.45, 2.75) is 25.2 Å². The normalized spacial score (nSPS) is 17.7. The lowest BCUT2D eigenvalue weighted by molar-refractivity contribution is -0.194. The van der Waals surface area contributed by atoms with Gasteiger partial charge in [0.2, 0.25) is 5.91 Å². The van der Waals surface area contributed by atoms with Crippen molar-refractivity contribution in [3.8, 4) is 0 Å². The molecule has 1 amide bonds. The summed E-state index contributed by atoms with van der Waals surface area (Å²) in [6.07, 6.45) is -4.82. The lowest BCUT2D eigenvalue weighted by Gasteiger charge is -2.38. The smallest absolute Gasteiger partial charge is 0.375 e. The summed E-state index contributed by atoms with van der Waals surface area (Å²) in [4.78, 5) is 13.0. The third kappa shape index (κ3) is 3.30. The number of halogens is 5. The number of alkyl halides is 3. The van der Waals surface area contributed by atoms with E-state index in [1.165, 1.54) is 7.11 Å². The van der Waals surface area contributed by atoms with E-state index in [2.05, 4.69) is 0 Å². The molecule has 3 nitrogen and oxygen atoms in total. The SMILES string of the molecule is COCC(=O)N1Cc2c(ccc3c(Cl)c(Cl)ccc23)CC1C(F)(F)F. The first-order valence-electron chi connectivity index (χ1n) is 7.47. The van der Waals surface area contributed by atoms with Crippen molar-refractivity contribution < 1.29 is 22.7 Å². The van der Waals surface area contributed by atoms with Crippen molar-refractivity contribution in [2.75, 3.05) is 13.7 Å². The average Bonchev–Trinajstić information content (AvgIpc) is 2.56. The number of fused-ring (bicyclic) bond motifs is 3. The Labute approximate surface area is 152 Å². The molecule has 0 saturated carbocycles. The van der Waals surface area contributed by atoms with Crippen molar-refractivity contribution in [3.63, 3.8) is 0 Å². The molecule has 0 radical (unpaired) electrons. The second-order valence-electron chi connectivity index (χ2n) is 5.88. The molecular formula is C17H14Cl2F3NO2. The molecular weight excluding hydrogens is 378 g/mol. The Morgan fingerprint density at radius 3 is 2.56 bits per heavy atom. The van der Waals surface area contributed by atoms with E-state index < -0.39 is 24.7 Å². The van der Waals surface area contributed by atoms with Crippen molar-refractivity contribution in [2.24, 2.45) is 0 Å². The van der Waals surface area contributed by atoms with Crippen LogP contribution in [0.15, 0.2) is 24.3 Å². The number of carbonyl (C=O) groups is 1. The van der Waals surface area contributed by atoms with Gasteiger partial charge in [-0.05, 0) is 22.6 Å². The monoisotopic (exact) mass is 391 g/mol. The van der Waals surface area contributed by atoms with Gasteiger partial charge in [0, 0.05) is 25.5 Å². The summed E-state index contributed by atoms with van der Waals surface area (Å²) in [6, 6.07) is 4.74. The van der Waals surface area contributed by atoms with Crippen LogP contribution in [0, 0.1) is 0 Å². The quantitative estimate of drug-likeness (QED) is 0.747. The maximum atomic E-state index is 13.4. The Kier molecular flexibility index (Phi) is 4.88. The molecule has 0 aromatic heterocycles. The van der Waals surface area contributed by atoms with E-state index in [-0.39, 0.29) is 13.0 Å². The Hall–Kier alpha value is -1.50. The zero-order chi connectivity index (χ0) is 18.4. The van der Waals surface area contributed by atoms with Crippen LogP contribution in [0.5, 0.6) is 0 Å². The summed E-state index contributed by atoms with van der Waals surface area (Å²) in [7, 11) is 1.27. The van der Waals surface area contributed by atoms with E-state index in [0.29, 0.717) is 31.9 Å². The molecule has 1 heterocycles. The molecule has 0 aliphatic carbocycles. The maximum absolute atomic E-state index is 13.4. The van der Waals surface area contributed by atoms with Crippen LogP contribution in [0.25, 0.3) is 10.8 Å².